The molecule has 0 saturated carbocycles. The van der Waals surface area contributed by atoms with E-state index in [2.05, 4.69) is 54.3 Å². The highest BCUT2D eigenvalue weighted by molar-refractivity contribution is 5.98. The number of benzene rings is 2. The zero-order valence-electron chi connectivity index (χ0n) is 18.0. The molecule has 1 fully saturated rings. The first-order chi connectivity index (χ1) is 16.2. The Morgan fingerprint density at radius 2 is 1.73 bits per heavy atom. The summed E-state index contributed by atoms with van der Waals surface area (Å²) in [5, 5.41) is 14.0. The molecule has 166 valence electrons. The number of ether oxygens (including phenoxy) is 1. The fourth-order valence-corrected chi connectivity index (χ4v) is 4.26. The number of nitrogen functional groups attached to an aromatic ring is 1. The third kappa shape index (κ3) is 3.27. The van der Waals surface area contributed by atoms with E-state index in [1.54, 1.807) is 11.6 Å². The highest BCUT2D eigenvalue weighted by atomic mass is 16.5. The van der Waals surface area contributed by atoms with E-state index in [1.165, 1.54) is 5.69 Å². The van der Waals surface area contributed by atoms with Crippen LogP contribution in [0.1, 0.15) is 0 Å². The van der Waals surface area contributed by atoms with Gasteiger partial charge in [-0.15, -0.1) is 5.10 Å². The molecule has 10 nitrogen and oxygen atoms in total. The van der Waals surface area contributed by atoms with Crippen LogP contribution in [0.4, 0.5) is 17.7 Å². The van der Waals surface area contributed by atoms with Crippen LogP contribution < -0.4 is 20.3 Å². The standard InChI is InChI=1S/C23H22N8O2/c1-32-19-9-5-8-16-18-14-17(28-31(18)22(24)25-20(16)19)21-26-27-23(33-21)30-12-10-29(11-13-30)15-6-3-2-4-7-15/h2-9,14H,10-13H2,1H3,(H2,24,25). The average Bonchev–Trinajstić information content (AvgIpc) is 3.53. The van der Waals surface area contributed by atoms with Gasteiger partial charge in [0.1, 0.15) is 11.3 Å². The van der Waals surface area contributed by atoms with Crippen molar-refractivity contribution < 1.29 is 9.15 Å². The summed E-state index contributed by atoms with van der Waals surface area (Å²) < 4.78 is 13.0. The maximum atomic E-state index is 6.17. The van der Waals surface area contributed by atoms with Crippen LogP contribution in [0.2, 0.25) is 0 Å². The Bertz CT molecular complexity index is 1440. The van der Waals surface area contributed by atoms with Crippen molar-refractivity contribution in [2.45, 2.75) is 0 Å². The normalized spacial score (nSPS) is 14.3. The lowest BCUT2D eigenvalue weighted by atomic mass is 10.2. The largest absolute Gasteiger partial charge is 0.494 e. The molecule has 1 aliphatic rings. The Labute approximate surface area is 189 Å². The van der Waals surface area contributed by atoms with Crippen LogP contribution in [0.5, 0.6) is 5.75 Å². The minimum Gasteiger partial charge on any atom is -0.494 e. The molecule has 2 aromatic carbocycles. The van der Waals surface area contributed by atoms with E-state index in [4.69, 9.17) is 14.9 Å². The van der Waals surface area contributed by atoms with E-state index in [0.29, 0.717) is 28.9 Å². The molecule has 33 heavy (non-hydrogen) atoms. The van der Waals surface area contributed by atoms with Gasteiger partial charge in [0.05, 0.1) is 12.6 Å². The second kappa shape index (κ2) is 7.66. The Morgan fingerprint density at radius 3 is 2.52 bits per heavy atom. The molecule has 5 aromatic rings. The lowest BCUT2D eigenvalue weighted by Gasteiger charge is -2.35. The molecule has 0 atom stereocenters. The maximum Gasteiger partial charge on any atom is 0.318 e. The number of methoxy groups -OCH3 is 1. The lowest BCUT2D eigenvalue weighted by molar-refractivity contribution is 0.419. The number of fused-ring (bicyclic) bond motifs is 3. The first kappa shape index (κ1) is 19.4. The van der Waals surface area contributed by atoms with Gasteiger partial charge < -0.3 is 24.7 Å². The van der Waals surface area contributed by atoms with Gasteiger partial charge in [-0.3, -0.25) is 0 Å². The van der Waals surface area contributed by atoms with Crippen LogP contribution in [0.25, 0.3) is 28.0 Å². The molecule has 2 N–H and O–H groups in total. The van der Waals surface area contributed by atoms with E-state index in [1.807, 2.05) is 30.3 Å². The number of rotatable bonds is 4. The molecule has 4 heterocycles. The molecular formula is C23H22N8O2. The Morgan fingerprint density at radius 1 is 0.939 bits per heavy atom. The van der Waals surface area contributed by atoms with Crippen LogP contribution in [0.3, 0.4) is 0 Å². The number of nitrogens with zero attached hydrogens (tertiary/aromatic N) is 7. The van der Waals surface area contributed by atoms with Gasteiger partial charge in [0.2, 0.25) is 5.95 Å². The number of para-hydroxylation sites is 2. The summed E-state index contributed by atoms with van der Waals surface area (Å²) in [6.07, 6.45) is 0. The Balaban J connectivity index is 1.28. The zero-order chi connectivity index (χ0) is 22.4. The van der Waals surface area contributed by atoms with Crippen LogP contribution in [0, 0.1) is 0 Å². The molecule has 0 unspecified atom stereocenters. The Hall–Kier alpha value is -4.34. The van der Waals surface area contributed by atoms with Crippen molar-refractivity contribution in [2.75, 3.05) is 48.8 Å². The number of piperazine rings is 1. The molecule has 0 bridgehead atoms. The van der Waals surface area contributed by atoms with Crippen molar-refractivity contribution >= 4 is 34.1 Å². The summed E-state index contributed by atoms with van der Waals surface area (Å²) in [7, 11) is 1.61. The summed E-state index contributed by atoms with van der Waals surface area (Å²) >= 11 is 0. The number of hydrogen-bond acceptors (Lipinski definition) is 9. The fraction of sp³-hybridized carbons (Fsp3) is 0.217. The second-order valence-electron chi connectivity index (χ2n) is 7.85. The summed E-state index contributed by atoms with van der Waals surface area (Å²) in [5.74, 6) is 1.25. The number of nitrogens with two attached hydrogens (primary N) is 1. The van der Waals surface area contributed by atoms with Gasteiger partial charge in [0.15, 0.2) is 5.69 Å². The van der Waals surface area contributed by atoms with Gasteiger partial charge >= 0.3 is 6.01 Å². The topological polar surface area (TPSA) is 111 Å². The van der Waals surface area contributed by atoms with Gasteiger partial charge in [-0.1, -0.05) is 35.4 Å². The van der Waals surface area contributed by atoms with Gasteiger partial charge in [-0.2, -0.15) is 9.61 Å². The molecule has 1 aliphatic heterocycles. The van der Waals surface area contributed by atoms with Crippen molar-refractivity contribution in [3.63, 3.8) is 0 Å². The molecule has 0 radical (unpaired) electrons. The Kier molecular flexibility index (Phi) is 4.49. The van der Waals surface area contributed by atoms with E-state index in [9.17, 15) is 0 Å². The molecule has 0 amide bonds. The number of anilines is 3. The van der Waals surface area contributed by atoms with E-state index in [0.717, 1.165) is 37.1 Å². The molecule has 0 aliphatic carbocycles. The summed E-state index contributed by atoms with van der Waals surface area (Å²) in [4.78, 5) is 8.92. The van der Waals surface area contributed by atoms with E-state index >= 15 is 0 Å². The van der Waals surface area contributed by atoms with Crippen LogP contribution in [0.15, 0.2) is 59.0 Å². The second-order valence-corrected chi connectivity index (χ2v) is 7.85. The third-order valence-corrected chi connectivity index (χ3v) is 5.95. The third-order valence-electron chi connectivity index (χ3n) is 5.95. The number of aromatic nitrogens is 5. The first-order valence-corrected chi connectivity index (χ1v) is 10.7. The zero-order valence-corrected chi connectivity index (χ0v) is 18.0. The number of hydrogen-bond donors (Lipinski definition) is 1. The molecule has 3 aromatic heterocycles. The highest BCUT2D eigenvalue weighted by Gasteiger charge is 2.23. The van der Waals surface area contributed by atoms with Crippen molar-refractivity contribution in [1.82, 2.24) is 24.8 Å². The smallest absolute Gasteiger partial charge is 0.318 e. The van der Waals surface area contributed by atoms with Crippen molar-refractivity contribution in [3.05, 3.63) is 54.6 Å². The van der Waals surface area contributed by atoms with Gasteiger partial charge in [0, 0.05) is 37.3 Å². The van der Waals surface area contributed by atoms with E-state index in [-0.39, 0.29) is 5.95 Å². The molecule has 0 spiro atoms. The maximum absolute atomic E-state index is 6.17. The quantitative estimate of drug-likeness (QED) is 0.449. The summed E-state index contributed by atoms with van der Waals surface area (Å²) in [5.41, 5.74) is 9.42. The van der Waals surface area contributed by atoms with Gasteiger partial charge in [0.25, 0.3) is 5.89 Å². The summed E-state index contributed by atoms with van der Waals surface area (Å²) in [6.45, 7) is 3.35. The predicted molar refractivity (Wildman–Crippen MR) is 126 cm³/mol. The minimum atomic E-state index is 0.255. The highest BCUT2D eigenvalue weighted by Crippen LogP contribution is 2.31. The van der Waals surface area contributed by atoms with Gasteiger partial charge in [-0.05, 0) is 24.3 Å². The summed E-state index contributed by atoms with van der Waals surface area (Å²) in [6, 6.07) is 18.5. The van der Waals surface area contributed by atoms with Crippen LogP contribution >= 0.6 is 0 Å². The van der Waals surface area contributed by atoms with Crippen LogP contribution in [-0.4, -0.2) is 58.1 Å². The molecule has 1 saturated heterocycles. The lowest BCUT2D eigenvalue weighted by Crippen LogP contribution is -2.46. The minimum absolute atomic E-state index is 0.255. The van der Waals surface area contributed by atoms with Gasteiger partial charge in [-0.25, -0.2) is 4.98 Å². The fourth-order valence-electron chi connectivity index (χ4n) is 4.26. The molecule has 10 heteroatoms. The van der Waals surface area contributed by atoms with Crippen LogP contribution in [-0.2, 0) is 0 Å². The van der Waals surface area contributed by atoms with Crippen molar-refractivity contribution in [2.24, 2.45) is 0 Å². The van der Waals surface area contributed by atoms with E-state index < -0.39 is 0 Å². The van der Waals surface area contributed by atoms with Crippen molar-refractivity contribution in [1.29, 1.82) is 0 Å². The molecule has 6 rings (SSSR count). The van der Waals surface area contributed by atoms with Crippen molar-refractivity contribution in [3.8, 4) is 17.3 Å². The predicted octanol–water partition coefficient (Wildman–Crippen LogP) is 2.85. The first-order valence-electron chi connectivity index (χ1n) is 10.7. The molecular weight excluding hydrogens is 420 g/mol. The SMILES string of the molecule is COc1cccc2c1nc(N)n1nc(-c3nnc(N4CCN(c5ccccc5)CC4)o3)cc21. The monoisotopic (exact) mass is 442 g/mol. The average molecular weight is 442 g/mol.